The molecule has 0 fully saturated rings. The van der Waals surface area contributed by atoms with Crippen LogP contribution in [0.3, 0.4) is 0 Å². The Morgan fingerprint density at radius 2 is 2.21 bits per heavy atom. The van der Waals surface area contributed by atoms with Gasteiger partial charge in [0, 0.05) is 31.1 Å². The smallest absolute Gasteiger partial charge is 0.241 e. The summed E-state index contributed by atoms with van der Waals surface area (Å²) in [4.78, 5) is 25.0. The number of rotatable bonds is 5. The summed E-state index contributed by atoms with van der Waals surface area (Å²) < 4.78 is 5.61. The Morgan fingerprint density at radius 1 is 1.38 bits per heavy atom. The van der Waals surface area contributed by atoms with Crippen molar-refractivity contribution in [2.75, 3.05) is 31.6 Å². The average Bonchev–Trinajstić information content (AvgIpc) is 2.62. The molecule has 126 valence electrons. The van der Waals surface area contributed by atoms with Gasteiger partial charge in [-0.15, -0.1) is 0 Å². The molecule has 24 heavy (non-hydrogen) atoms. The second-order valence-corrected chi connectivity index (χ2v) is 6.03. The fourth-order valence-corrected chi connectivity index (χ4v) is 2.78. The van der Waals surface area contributed by atoms with Crippen LogP contribution in [0.25, 0.3) is 0 Å². The first-order valence-electron chi connectivity index (χ1n) is 8.12. The van der Waals surface area contributed by atoms with Crippen molar-refractivity contribution in [2.24, 2.45) is 0 Å². The van der Waals surface area contributed by atoms with Gasteiger partial charge in [-0.25, -0.2) is 0 Å². The van der Waals surface area contributed by atoms with Crippen LogP contribution in [0.4, 0.5) is 5.69 Å². The standard InChI is InChI=1S/C18H22N4O2/c1-14(11-15-12-19-7-8-20-15)21(2)13-18(23)22-9-10-24-17-6-4-3-5-16(17)22/h3-8,12,14H,9-11,13H2,1-2H3. The van der Waals surface area contributed by atoms with Crippen molar-refractivity contribution in [3.05, 3.63) is 48.5 Å². The summed E-state index contributed by atoms with van der Waals surface area (Å²) in [5, 5.41) is 0. The molecule has 0 aliphatic carbocycles. The van der Waals surface area contributed by atoms with Gasteiger partial charge in [-0.05, 0) is 26.1 Å². The molecule has 1 aliphatic rings. The SMILES string of the molecule is CC(Cc1cnccn1)N(C)CC(=O)N1CCOc2ccccc21. The molecular weight excluding hydrogens is 304 g/mol. The van der Waals surface area contributed by atoms with Gasteiger partial charge >= 0.3 is 0 Å². The molecule has 1 unspecified atom stereocenters. The van der Waals surface area contributed by atoms with Crippen LogP contribution in [-0.4, -0.2) is 53.6 Å². The number of amides is 1. The van der Waals surface area contributed by atoms with Gasteiger partial charge in [0.05, 0.1) is 24.5 Å². The number of anilines is 1. The molecule has 1 aromatic heterocycles. The zero-order valence-corrected chi connectivity index (χ0v) is 14.1. The van der Waals surface area contributed by atoms with Crippen LogP contribution in [0.2, 0.25) is 0 Å². The van der Waals surface area contributed by atoms with Gasteiger partial charge in [-0.1, -0.05) is 12.1 Å². The Balaban J connectivity index is 1.62. The highest BCUT2D eigenvalue weighted by Gasteiger charge is 2.25. The summed E-state index contributed by atoms with van der Waals surface area (Å²) in [5.41, 5.74) is 1.78. The van der Waals surface area contributed by atoms with Gasteiger partial charge in [0.15, 0.2) is 0 Å². The monoisotopic (exact) mass is 326 g/mol. The van der Waals surface area contributed by atoms with Gasteiger partial charge in [0.2, 0.25) is 5.91 Å². The van der Waals surface area contributed by atoms with E-state index in [0.717, 1.165) is 23.6 Å². The molecule has 0 saturated carbocycles. The molecule has 0 radical (unpaired) electrons. The van der Waals surface area contributed by atoms with Crippen LogP contribution in [-0.2, 0) is 11.2 Å². The zero-order chi connectivity index (χ0) is 16.9. The van der Waals surface area contributed by atoms with E-state index in [9.17, 15) is 4.79 Å². The van der Waals surface area contributed by atoms with Crippen LogP contribution < -0.4 is 9.64 Å². The lowest BCUT2D eigenvalue weighted by Gasteiger charge is -2.32. The number of hydrogen-bond donors (Lipinski definition) is 0. The minimum absolute atomic E-state index is 0.0826. The van der Waals surface area contributed by atoms with E-state index >= 15 is 0 Å². The van der Waals surface area contributed by atoms with Crippen molar-refractivity contribution in [3.63, 3.8) is 0 Å². The molecule has 2 aromatic rings. The Kier molecular flexibility index (Phi) is 5.05. The van der Waals surface area contributed by atoms with E-state index < -0.39 is 0 Å². The Labute approximate surface area is 142 Å². The number of ether oxygens (including phenoxy) is 1. The molecule has 6 nitrogen and oxygen atoms in total. The van der Waals surface area contributed by atoms with E-state index in [0.29, 0.717) is 19.7 Å². The summed E-state index contributed by atoms with van der Waals surface area (Å²) in [6.45, 7) is 3.56. The van der Waals surface area contributed by atoms with Crippen molar-refractivity contribution >= 4 is 11.6 Å². The highest BCUT2D eigenvalue weighted by molar-refractivity contribution is 5.96. The predicted molar refractivity (Wildman–Crippen MR) is 92.1 cm³/mol. The van der Waals surface area contributed by atoms with E-state index in [2.05, 4.69) is 21.8 Å². The number of benzene rings is 1. The lowest BCUT2D eigenvalue weighted by atomic mass is 10.1. The minimum Gasteiger partial charge on any atom is -0.490 e. The third kappa shape index (κ3) is 3.71. The maximum Gasteiger partial charge on any atom is 0.241 e. The number of carbonyl (C=O) groups excluding carboxylic acids is 1. The third-order valence-electron chi connectivity index (χ3n) is 4.29. The lowest BCUT2D eigenvalue weighted by Crippen LogP contribution is -2.45. The first-order chi connectivity index (χ1) is 11.6. The molecule has 3 rings (SSSR count). The maximum absolute atomic E-state index is 12.7. The molecule has 2 heterocycles. The first kappa shape index (κ1) is 16.4. The summed E-state index contributed by atoms with van der Waals surface area (Å²) in [5.74, 6) is 0.853. The van der Waals surface area contributed by atoms with Gasteiger partial charge in [-0.3, -0.25) is 19.7 Å². The number of para-hydroxylation sites is 2. The normalized spacial score (nSPS) is 14.9. The third-order valence-corrected chi connectivity index (χ3v) is 4.29. The number of aromatic nitrogens is 2. The molecule has 0 bridgehead atoms. The molecule has 1 aliphatic heterocycles. The fourth-order valence-electron chi connectivity index (χ4n) is 2.78. The Bertz CT molecular complexity index is 692. The van der Waals surface area contributed by atoms with Crippen LogP contribution in [0.5, 0.6) is 5.75 Å². The molecule has 1 amide bonds. The molecule has 1 atom stereocenters. The summed E-state index contributed by atoms with van der Waals surface area (Å²) in [6.07, 6.45) is 5.89. The van der Waals surface area contributed by atoms with E-state index in [1.165, 1.54) is 0 Å². The number of nitrogens with zero attached hydrogens (tertiary/aromatic N) is 4. The van der Waals surface area contributed by atoms with E-state index in [1.807, 2.05) is 36.2 Å². The number of carbonyl (C=O) groups is 1. The van der Waals surface area contributed by atoms with Crippen molar-refractivity contribution in [1.29, 1.82) is 0 Å². The van der Waals surface area contributed by atoms with Gasteiger partial charge < -0.3 is 9.64 Å². The fraction of sp³-hybridized carbons (Fsp3) is 0.389. The summed E-state index contributed by atoms with van der Waals surface area (Å²) >= 11 is 0. The van der Waals surface area contributed by atoms with Crippen LogP contribution in [0, 0.1) is 0 Å². The van der Waals surface area contributed by atoms with Crippen LogP contribution in [0.15, 0.2) is 42.9 Å². The van der Waals surface area contributed by atoms with Crippen LogP contribution >= 0.6 is 0 Å². The lowest BCUT2D eigenvalue weighted by molar-refractivity contribution is -0.120. The molecule has 6 heteroatoms. The highest BCUT2D eigenvalue weighted by Crippen LogP contribution is 2.30. The first-order valence-corrected chi connectivity index (χ1v) is 8.12. The van der Waals surface area contributed by atoms with Gasteiger partial charge in [0.1, 0.15) is 12.4 Å². The maximum atomic E-state index is 12.7. The molecule has 0 spiro atoms. The highest BCUT2D eigenvalue weighted by atomic mass is 16.5. The molecule has 0 saturated heterocycles. The van der Waals surface area contributed by atoms with Crippen molar-refractivity contribution < 1.29 is 9.53 Å². The predicted octanol–water partition coefficient (Wildman–Crippen LogP) is 1.76. The largest absolute Gasteiger partial charge is 0.490 e. The second kappa shape index (κ2) is 7.40. The van der Waals surface area contributed by atoms with Gasteiger partial charge in [-0.2, -0.15) is 0 Å². The average molecular weight is 326 g/mol. The molecule has 1 aromatic carbocycles. The van der Waals surface area contributed by atoms with Crippen molar-refractivity contribution in [2.45, 2.75) is 19.4 Å². The number of fused-ring (bicyclic) bond motifs is 1. The quantitative estimate of drug-likeness (QED) is 0.838. The minimum atomic E-state index is 0.0826. The number of hydrogen-bond acceptors (Lipinski definition) is 5. The Hall–Kier alpha value is -2.47. The van der Waals surface area contributed by atoms with Gasteiger partial charge in [0.25, 0.3) is 0 Å². The zero-order valence-electron chi connectivity index (χ0n) is 14.1. The molecular formula is C18H22N4O2. The van der Waals surface area contributed by atoms with Crippen LogP contribution in [0.1, 0.15) is 12.6 Å². The topological polar surface area (TPSA) is 58.6 Å². The Morgan fingerprint density at radius 3 is 3.00 bits per heavy atom. The molecule has 0 N–H and O–H groups in total. The van der Waals surface area contributed by atoms with E-state index in [-0.39, 0.29) is 11.9 Å². The summed E-state index contributed by atoms with van der Waals surface area (Å²) in [7, 11) is 1.96. The number of likely N-dealkylation sites (N-methyl/N-ethyl adjacent to an activating group) is 1. The van der Waals surface area contributed by atoms with Crippen molar-refractivity contribution in [3.8, 4) is 5.75 Å². The van der Waals surface area contributed by atoms with E-state index in [4.69, 9.17) is 4.74 Å². The van der Waals surface area contributed by atoms with Crippen molar-refractivity contribution in [1.82, 2.24) is 14.9 Å². The summed E-state index contributed by atoms with van der Waals surface area (Å²) in [6, 6.07) is 7.86. The van der Waals surface area contributed by atoms with E-state index in [1.54, 1.807) is 18.6 Å². The second-order valence-electron chi connectivity index (χ2n) is 6.03.